The molecule has 3 heteroatoms. The normalized spacial score (nSPS) is 13.9. The van der Waals surface area contributed by atoms with Crippen LogP contribution < -0.4 is 4.74 Å². The molecule has 3 heterocycles. The summed E-state index contributed by atoms with van der Waals surface area (Å²) in [5, 5.41) is 4.74. The Morgan fingerprint density at radius 3 is 2.10 bits per heavy atom. The van der Waals surface area contributed by atoms with Crippen molar-refractivity contribution >= 4 is 21.5 Å². The second-order valence-corrected chi connectivity index (χ2v) is 11.8. The fourth-order valence-corrected chi connectivity index (χ4v) is 7.11. The first-order valence-electron chi connectivity index (χ1n) is 14.4. The van der Waals surface area contributed by atoms with E-state index in [2.05, 4.69) is 111 Å². The topological polar surface area (TPSA) is 35.0 Å². The van der Waals surface area contributed by atoms with Crippen LogP contribution in [0.1, 0.15) is 25.0 Å². The summed E-state index contributed by atoms with van der Waals surface area (Å²) in [4.78, 5) is 9.99. The first-order chi connectivity index (χ1) is 20.6. The summed E-state index contributed by atoms with van der Waals surface area (Å²) in [5.41, 5.74) is 11.2. The number of rotatable bonds is 2. The summed E-state index contributed by atoms with van der Waals surface area (Å²) >= 11 is 0. The average Bonchev–Trinajstić information content (AvgIpc) is 3.27. The Hall–Kier alpha value is -5.28. The maximum Gasteiger partial charge on any atom is 0.135 e. The molecular formula is C39H26N2O. The lowest BCUT2D eigenvalue weighted by Crippen LogP contribution is -2.15. The minimum atomic E-state index is -0.116. The maximum absolute atomic E-state index is 6.37. The molecule has 0 saturated carbocycles. The highest BCUT2D eigenvalue weighted by Gasteiger charge is 2.37. The van der Waals surface area contributed by atoms with Crippen LogP contribution in [0, 0.1) is 0 Å². The zero-order valence-corrected chi connectivity index (χ0v) is 23.3. The third kappa shape index (κ3) is 3.11. The van der Waals surface area contributed by atoms with Crippen LogP contribution in [0.3, 0.4) is 0 Å². The second-order valence-electron chi connectivity index (χ2n) is 11.8. The maximum atomic E-state index is 6.37. The molecule has 2 aromatic heterocycles. The highest BCUT2D eigenvalue weighted by atomic mass is 16.5. The zero-order valence-electron chi connectivity index (χ0n) is 23.3. The summed E-state index contributed by atoms with van der Waals surface area (Å²) in [6.45, 7) is 4.52. The lowest BCUT2D eigenvalue weighted by atomic mass is 9.83. The first-order valence-corrected chi connectivity index (χ1v) is 14.4. The van der Waals surface area contributed by atoms with Crippen molar-refractivity contribution in [3.8, 4) is 56.4 Å². The molecule has 9 rings (SSSR count). The fourth-order valence-electron chi connectivity index (χ4n) is 7.11. The van der Waals surface area contributed by atoms with Crippen molar-refractivity contribution in [1.29, 1.82) is 0 Å². The van der Waals surface area contributed by atoms with Gasteiger partial charge in [-0.2, -0.15) is 0 Å². The van der Waals surface area contributed by atoms with Gasteiger partial charge in [0.05, 0.1) is 17.1 Å². The van der Waals surface area contributed by atoms with Crippen LogP contribution in [0.25, 0.3) is 66.4 Å². The molecule has 0 radical (unpaired) electrons. The van der Waals surface area contributed by atoms with E-state index in [1.54, 1.807) is 0 Å². The molecule has 0 unspecified atom stereocenters. The van der Waals surface area contributed by atoms with E-state index in [4.69, 9.17) is 14.7 Å². The van der Waals surface area contributed by atoms with E-state index in [1.807, 2.05) is 24.4 Å². The van der Waals surface area contributed by atoms with E-state index in [0.717, 1.165) is 45.1 Å². The van der Waals surface area contributed by atoms with E-state index < -0.39 is 0 Å². The second kappa shape index (κ2) is 8.37. The van der Waals surface area contributed by atoms with Gasteiger partial charge in [-0.25, -0.2) is 4.98 Å². The molecule has 198 valence electrons. The van der Waals surface area contributed by atoms with E-state index in [9.17, 15) is 0 Å². The molecule has 5 aromatic carbocycles. The lowest BCUT2D eigenvalue weighted by Gasteiger charge is -2.23. The van der Waals surface area contributed by atoms with Gasteiger partial charge in [0.25, 0.3) is 0 Å². The molecule has 0 spiro atoms. The summed E-state index contributed by atoms with van der Waals surface area (Å²) in [5.74, 6) is 1.81. The third-order valence-electron chi connectivity index (χ3n) is 9.16. The quantitative estimate of drug-likeness (QED) is 0.220. The van der Waals surface area contributed by atoms with Gasteiger partial charge in [0.15, 0.2) is 0 Å². The SMILES string of the molecule is CC1(C)c2cccnc2-c2nc(-c3ccc(-c4ccc5c6c(cccc46)-c4ccccc4O5)c4ccccc34)ccc21. The van der Waals surface area contributed by atoms with Crippen molar-refractivity contribution in [3.05, 3.63) is 133 Å². The van der Waals surface area contributed by atoms with Gasteiger partial charge in [-0.3, -0.25) is 4.98 Å². The third-order valence-corrected chi connectivity index (χ3v) is 9.16. The number of nitrogens with zero attached hydrogens (tertiary/aromatic N) is 2. The Balaban J connectivity index is 1.25. The minimum Gasteiger partial charge on any atom is -0.456 e. The Kier molecular flexibility index (Phi) is 4.67. The number of ether oxygens (including phenoxy) is 1. The molecule has 0 bridgehead atoms. The molecule has 3 nitrogen and oxygen atoms in total. The van der Waals surface area contributed by atoms with Gasteiger partial charge in [-0.1, -0.05) is 105 Å². The van der Waals surface area contributed by atoms with Crippen LogP contribution in [-0.2, 0) is 5.41 Å². The van der Waals surface area contributed by atoms with Gasteiger partial charge in [0, 0.05) is 28.1 Å². The molecule has 1 aliphatic heterocycles. The van der Waals surface area contributed by atoms with E-state index >= 15 is 0 Å². The molecule has 0 fully saturated rings. The first kappa shape index (κ1) is 23.4. The van der Waals surface area contributed by atoms with Gasteiger partial charge in [-0.15, -0.1) is 0 Å². The number of aromatic nitrogens is 2. The molecule has 0 N–H and O–H groups in total. The smallest absolute Gasteiger partial charge is 0.135 e. The number of benzene rings is 5. The largest absolute Gasteiger partial charge is 0.456 e. The Morgan fingerprint density at radius 2 is 1.19 bits per heavy atom. The van der Waals surface area contributed by atoms with E-state index in [1.165, 1.54) is 44.0 Å². The molecule has 0 amide bonds. The molecule has 2 aliphatic rings. The summed E-state index contributed by atoms with van der Waals surface area (Å²) in [6.07, 6.45) is 1.87. The van der Waals surface area contributed by atoms with Crippen molar-refractivity contribution < 1.29 is 4.74 Å². The minimum absolute atomic E-state index is 0.116. The van der Waals surface area contributed by atoms with Crippen molar-refractivity contribution in [1.82, 2.24) is 9.97 Å². The number of fused-ring (bicyclic) bond motifs is 6. The molecule has 0 atom stereocenters. The van der Waals surface area contributed by atoms with Crippen LogP contribution in [0.5, 0.6) is 11.5 Å². The van der Waals surface area contributed by atoms with Crippen molar-refractivity contribution in [2.45, 2.75) is 19.3 Å². The highest BCUT2D eigenvalue weighted by Crippen LogP contribution is 2.50. The lowest BCUT2D eigenvalue weighted by molar-refractivity contribution is 0.487. The molecule has 0 saturated heterocycles. The highest BCUT2D eigenvalue weighted by molar-refractivity contribution is 6.14. The molecule has 7 aromatic rings. The fraction of sp³-hybridized carbons (Fsp3) is 0.0769. The van der Waals surface area contributed by atoms with Crippen LogP contribution >= 0.6 is 0 Å². The number of hydrogen-bond acceptors (Lipinski definition) is 3. The predicted octanol–water partition coefficient (Wildman–Crippen LogP) is 10.2. The molecular weight excluding hydrogens is 512 g/mol. The summed E-state index contributed by atoms with van der Waals surface area (Å²) in [6, 6.07) is 41.0. The Bertz CT molecular complexity index is 2260. The average molecular weight is 539 g/mol. The van der Waals surface area contributed by atoms with Gasteiger partial charge in [0.2, 0.25) is 0 Å². The van der Waals surface area contributed by atoms with Gasteiger partial charge >= 0.3 is 0 Å². The Morgan fingerprint density at radius 1 is 0.500 bits per heavy atom. The summed E-state index contributed by atoms with van der Waals surface area (Å²) in [7, 11) is 0. The molecule has 1 aliphatic carbocycles. The number of para-hydroxylation sites is 1. The zero-order chi connectivity index (χ0) is 28.0. The van der Waals surface area contributed by atoms with E-state index in [0.29, 0.717) is 0 Å². The van der Waals surface area contributed by atoms with Gasteiger partial charge < -0.3 is 4.74 Å². The number of pyridine rings is 2. The van der Waals surface area contributed by atoms with Gasteiger partial charge in [-0.05, 0) is 68.2 Å². The number of hydrogen-bond donors (Lipinski definition) is 0. The van der Waals surface area contributed by atoms with Crippen molar-refractivity contribution in [2.24, 2.45) is 0 Å². The van der Waals surface area contributed by atoms with Crippen LogP contribution in [0.15, 0.2) is 121 Å². The van der Waals surface area contributed by atoms with Gasteiger partial charge in [0.1, 0.15) is 11.5 Å². The Labute approximate surface area is 244 Å². The predicted molar refractivity (Wildman–Crippen MR) is 171 cm³/mol. The monoisotopic (exact) mass is 538 g/mol. The standard InChI is InChI=1S/C39H26N2O/c1-39(2)31-14-8-22-40-37(31)38-32(39)19-20-33(41-38)27-17-16-25(23-9-3-4-10-24(23)27)26-18-21-35-36-29(26)12-7-13-30(36)28-11-5-6-15-34(28)42-35/h3-22H,1-2H3. The van der Waals surface area contributed by atoms with Crippen molar-refractivity contribution in [3.63, 3.8) is 0 Å². The van der Waals surface area contributed by atoms with E-state index in [-0.39, 0.29) is 5.41 Å². The summed E-state index contributed by atoms with van der Waals surface area (Å²) < 4.78 is 6.37. The van der Waals surface area contributed by atoms with Crippen LogP contribution in [0.4, 0.5) is 0 Å². The van der Waals surface area contributed by atoms with Crippen LogP contribution in [-0.4, -0.2) is 9.97 Å². The van der Waals surface area contributed by atoms with Crippen molar-refractivity contribution in [2.75, 3.05) is 0 Å². The van der Waals surface area contributed by atoms with Crippen LogP contribution in [0.2, 0.25) is 0 Å². The molecule has 42 heavy (non-hydrogen) atoms.